The van der Waals surface area contributed by atoms with Crippen LogP contribution in [0.5, 0.6) is 0 Å². The topological polar surface area (TPSA) is 33.1 Å². The lowest BCUT2D eigenvalue weighted by molar-refractivity contribution is 0.226. The van der Waals surface area contributed by atoms with Gasteiger partial charge in [-0.1, -0.05) is 18.2 Å². The first-order chi connectivity index (χ1) is 9.81. The highest BCUT2D eigenvalue weighted by atomic mass is 15.3. The monoisotopic (exact) mass is 270 g/mol. The molecule has 0 saturated carbocycles. The molecule has 0 aliphatic carbocycles. The molecule has 106 valence electrons. The van der Waals surface area contributed by atoms with Crippen molar-refractivity contribution in [2.24, 2.45) is 0 Å². The number of piperidine rings is 1. The fourth-order valence-corrected chi connectivity index (χ4v) is 2.76. The number of nitrogens with one attached hydrogen (secondary N) is 1. The largest absolute Gasteiger partial charge is 0.307 e. The summed E-state index contributed by atoms with van der Waals surface area (Å²) < 4.78 is 1.93. The number of likely N-dealkylation sites (tertiary alicyclic amines) is 1. The van der Waals surface area contributed by atoms with Crippen molar-refractivity contribution in [3.05, 3.63) is 48.3 Å². The third-order valence-corrected chi connectivity index (χ3v) is 3.86. The molecule has 4 heteroatoms. The molecule has 1 aromatic heterocycles. The van der Waals surface area contributed by atoms with Gasteiger partial charge in [-0.05, 0) is 44.6 Å². The quantitative estimate of drug-likeness (QED) is 0.923. The lowest BCUT2D eigenvalue weighted by atomic mass is 10.1. The Morgan fingerprint density at radius 2 is 2.10 bits per heavy atom. The zero-order valence-electron chi connectivity index (χ0n) is 12.0. The molecule has 0 spiro atoms. The fraction of sp³-hybridized carbons (Fsp3) is 0.438. The van der Waals surface area contributed by atoms with Crippen LogP contribution in [0.3, 0.4) is 0 Å². The van der Waals surface area contributed by atoms with Crippen LogP contribution in [0.25, 0.3) is 5.69 Å². The van der Waals surface area contributed by atoms with Crippen molar-refractivity contribution in [3.63, 3.8) is 0 Å². The second-order valence-corrected chi connectivity index (χ2v) is 5.57. The summed E-state index contributed by atoms with van der Waals surface area (Å²) in [4.78, 5) is 2.39. The summed E-state index contributed by atoms with van der Waals surface area (Å²) in [6, 6.07) is 12.9. The first-order valence-corrected chi connectivity index (χ1v) is 7.33. The van der Waals surface area contributed by atoms with Gasteiger partial charge in [-0.15, -0.1) is 0 Å². The molecule has 1 atom stereocenters. The van der Waals surface area contributed by atoms with Crippen molar-refractivity contribution in [3.8, 4) is 5.69 Å². The summed E-state index contributed by atoms with van der Waals surface area (Å²) in [7, 11) is 2.19. The van der Waals surface area contributed by atoms with E-state index < -0.39 is 0 Å². The predicted octanol–water partition coefficient (Wildman–Crippen LogP) is 2.06. The van der Waals surface area contributed by atoms with Crippen molar-refractivity contribution in [2.45, 2.75) is 25.4 Å². The number of likely N-dealkylation sites (N-methyl/N-ethyl adjacent to an activating group) is 1. The molecule has 0 amide bonds. The third kappa shape index (κ3) is 3.26. The van der Waals surface area contributed by atoms with Gasteiger partial charge in [0.25, 0.3) is 0 Å². The standard InChI is InChI=1S/C16H22N4/c1-19-10-5-6-15(13-19)17-12-14-9-11-20(18-14)16-7-3-2-4-8-16/h2-4,7-9,11,15,17H,5-6,10,12-13H2,1H3. The molecule has 1 aliphatic rings. The van der Waals surface area contributed by atoms with Crippen LogP contribution >= 0.6 is 0 Å². The number of benzene rings is 1. The van der Waals surface area contributed by atoms with Crippen molar-refractivity contribution in [1.82, 2.24) is 20.0 Å². The summed E-state index contributed by atoms with van der Waals surface area (Å²) in [6.45, 7) is 3.21. The van der Waals surface area contributed by atoms with Crippen LogP contribution in [0.1, 0.15) is 18.5 Å². The molecule has 1 aromatic carbocycles. The van der Waals surface area contributed by atoms with E-state index in [-0.39, 0.29) is 0 Å². The van der Waals surface area contributed by atoms with E-state index in [1.165, 1.54) is 19.4 Å². The molecule has 4 nitrogen and oxygen atoms in total. The Morgan fingerprint density at radius 1 is 1.25 bits per heavy atom. The van der Waals surface area contributed by atoms with Gasteiger partial charge in [0.05, 0.1) is 11.4 Å². The number of rotatable bonds is 4. The number of hydrogen-bond acceptors (Lipinski definition) is 3. The summed E-state index contributed by atoms with van der Waals surface area (Å²) in [5.41, 5.74) is 2.21. The fourth-order valence-electron chi connectivity index (χ4n) is 2.76. The number of hydrogen-bond donors (Lipinski definition) is 1. The maximum absolute atomic E-state index is 4.62. The van der Waals surface area contributed by atoms with Crippen LogP contribution in [0, 0.1) is 0 Å². The van der Waals surface area contributed by atoms with Crippen LogP contribution in [-0.4, -0.2) is 40.9 Å². The Labute approximate surface area is 120 Å². The van der Waals surface area contributed by atoms with Crippen molar-refractivity contribution in [1.29, 1.82) is 0 Å². The summed E-state index contributed by atoms with van der Waals surface area (Å²) >= 11 is 0. The summed E-state index contributed by atoms with van der Waals surface area (Å²) in [5, 5.41) is 8.24. The van der Waals surface area contributed by atoms with Crippen LogP contribution in [0.4, 0.5) is 0 Å². The molecule has 2 heterocycles. The van der Waals surface area contributed by atoms with Crippen LogP contribution in [0.15, 0.2) is 42.6 Å². The average molecular weight is 270 g/mol. The maximum Gasteiger partial charge on any atom is 0.0766 e. The van der Waals surface area contributed by atoms with Crippen LogP contribution < -0.4 is 5.32 Å². The number of aromatic nitrogens is 2. The number of para-hydroxylation sites is 1. The summed E-state index contributed by atoms with van der Waals surface area (Å²) in [5.74, 6) is 0. The van der Waals surface area contributed by atoms with E-state index in [2.05, 4.69) is 40.6 Å². The van der Waals surface area contributed by atoms with E-state index in [1.54, 1.807) is 0 Å². The Morgan fingerprint density at radius 3 is 2.90 bits per heavy atom. The SMILES string of the molecule is CN1CCCC(NCc2ccn(-c3ccccc3)n2)C1. The Balaban J connectivity index is 1.58. The minimum atomic E-state index is 0.593. The van der Waals surface area contributed by atoms with Gasteiger partial charge in [-0.3, -0.25) is 0 Å². The molecule has 1 saturated heterocycles. The van der Waals surface area contributed by atoms with E-state index in [0.717, 1.165) is 24.5 Å². The van der Waals surface area contributed by atoms with E-state index in [9.17, 15) is 0 Å². The first kappa shape index (κ1) is 13.3. The Hall–Kier alpha value is -1.65. The van der Waals surface area contributed by atoms with Crippen LogP contribution in [0.2, 0.25) is 0 Å². The average Bonchev–Trinajstić information content (AvgIpc) is 2.95. The zero-order chi connectivity index (χ0) is 13.8. The second kappa shape index (κ2) is 6.20. The number of nitrogens with zero attached hydrogens (tertiary/aromatic N) is 3. The highest BCUT2D eigenvalue weighted by molar-refractivity contribution is 5.30. The van der Waals surface area contributed by atoms with Gasteiger partial charge in [0.15, 0.2) is 0 Å². The normalized spacial score (nSPS) is 20.1. The Kier molecular flexibility index (Phi) is 4.14. The van der Waals surface area contributed by atoms with Gasteiger partial charge in [0.1, 0.15) is 0 Å². The summed E-state index contributed by atoms with van der Waals surface area (Å²) in [6.07, 6.45) is 4.58. The van der Waals surface area contributed by atoms with Gasteiger partial charge in [0.2, 0.25) is 0 Å². The van der Waals surface area contributed by atoms with Gasteiger partial charge in [-0.2, -0.15) is 5.10 Å². The molecule has 0 radical (unpaired) electrons. The highest BCUT2D eigenvalue weighted by Crippen LogP contribution is 2.10. The third-order valence-electron chi connectivity index (χ3n) is 3.86. The molecule has 0 bridgehead atoms. The minimum absolute atomic E-state index is 0.593. The smallest absolute Gasteiger partial charge is 0.0766 e. The van der Waals surface area contributed by atoms with Crippen LogP contribution in [-0.2, 0) is 6.54 Å². The highest BCUT2D eigenvalue weighted by Gasteiger charge is 2.16. The van der Waals surface area contributed by atoms with Crippen molar-refractivity contribution < 1.29 is 0 Å². The first-order valence-electron chi connectivity index (χ1n) is 7.33. The molecule has 2 aromatic rings. The van der Waals surface area contributed by atoms with Gasteiger partial charge < -0.3 is 10.2 Å². The molecule has 1 N–H and O–H groups in total. The molecule has 3 rings (SSSR count). The molecular weight excluding hydrogens is 248 g/mol. The van der Waals surface area contributed by atoms with Gasteiger partial charge in [0, 0.05) is 25.3 Å². The van der Waals surface area contributed by atoms with E-state index >= 15 is 0 Å². The minimum Gasteiger partial charge on any atom is -0.307 e. The van der Waals surface area contributed by atoms with Gasteiger partial charge in [-0.25, -0.2) is 4.68 Å². The zero-order valence-corrected chi connectivity index (χ0v) is 12.0. The molecule has 20 heavy (non-hydrogen) atoms. The van der Waals surface area contributed by atoms with Crippen molar-refractivity contribution in [2.75, 3.05) is 20.1 Å². The second-order valence-electron chi connectivity index (χ2n) is 5.57. The van der Waals surface area contributed by atoms with E-state index in [1.807, 2.05) is 29.1 Å². The molecule has 1 fully saturated rings. The molecular formula is C16H22N4. The molecule has 1 aliphatic heterocycles. The van der Waals surface area contributed by atoms with Crippen molar-refractivity contribution >= 4 is 0 Å². The Bertz CT molecular complexity index is 534. The van der Waals surface area contributed by atoms with E-state index in [4.69, 9.17) is 0 Å². The van der Waals surface area contributed by atoms with Gasteiger partial charge >= 0.3 is 0 Å². The predicted molar refractivity (Wildman–Crippen MR) is 80.9 cm³/mol. The lowest BCUT2D eigenvalue weighted by Gasteiger charge is -2.30. The van der Waals surface area contributed by atoms with E-state index in [0.29, 0.717) is 6.04 Å². The molecule has 1 unspecified atom stereocenters. The maximum atomic E-state index is 4.62. The lowest BCUT2D eigenvalue weighted by Crippen LogP contribution is -2.43.